The summed E-state index contributed by atoms with van der Waals surface area (Å²) < 4.78 is 4.66. The van der Waals surface area contributed by atoms with Crippen LogP contribution in [0.15, 0.2) is 0 Å². The van der Waals surface area contributed by atoms with Crippen molar-refractivity contribution in [2.24, 2.45) is 0 Å². The molecule has 0 aromatic rings. The smallest absolute Gasteiger partial charge is 0.407 e. The summed E-state index contributed by atoms with van der Waals surface area (Å²) >= 11 is 0. The summed E-state index contributed by atoms with van der Waals surface area (Å²) in [4.78, 5) is 10.8. The number of hydrogen-bond acceptors (Lipinski definition) is 3. The predicted molar refractivity (Wildman–Crippen MR) is 45.9 cm³/mol. The molecule has 0 saturated heterocycles. The van der Waals surface area contributed by atoms with Crippen molar-refractivity contribution < 1.29 is 14.6 Å². The fourth-order valence-electron chi connectivity index (χ4n) is 0.945. The normalized spacial score (nSPS) is 15.0. The number of hydrogen-bond donors (Lipinski definition) is 2. The maximum atomic E-state index is 10.8. The Labute approximate surface area is 72.9 Å². The van der Waals surface area contributed by atoms with Gasteiger partial charge in [-0.1, -0.05) is 0 Å². The minimum absolute atomic E-state index is 0.0518. The van der Waals surface area contributed by atoms with Crippen LogP contribution in [-0.2, 0) is 4.74 Å². The maximum Gasteiger partial charge on any atom is 0.407 e. The monoisotopic (exact) mass is 175 g/mol. The second-order valence-corrected chi connectivity index (χ2v) is 2.85. The Morgan fingerprint density at radius 2 is 2.17 bits per heavy atom. The first-order valence-corrected chi connectivity index (χ1v) is 4.17. The number of alkyl carbamates (subject to hydrolysis) is 1. The van der Waals surface area contributed by atoms with Crippen molar-refractivity contribution in [3.05, 3.63) is 0 Å². The van der Waals surface area contributed by atoms with Crippen LogP contribution in [0.2, 0.25) is 0 Å². The number of ether oxygens (including phenoxy) is 1. The number of aliphatic hydroxyl groups is 1. The summed E-state index contributed by atoms with van der Waals surface area (Å²) in [5.74, 6) is 0. The zero-order valence-corrected chi connectivity index (χ0v) is 7.83. The molecule has 1 amide bonds. The van der Waals surface area contributed by atoms with Crippen molar-refractivity contribution in [2.75, 3.05) is 6.61 Å². The first kappa shape index (κ1) is 11.2. The molecule has 2 unspecified atom stereocenters. The Morgan fingerprint density at radius 1 is 1.58 bits per heavy atom. The van der Waals surface area contributed by atoms with E-state index in [1.54, 1.807) is 13.8 Å². The molecule has 72 valence electrons. The predicted octanol–water partition coefficient (Wildman–Crippen LogP) is 0.892. The van der Waals surface area contributed by atoms with E-state index in [2.05, 4.69) is 10.1 Å². The molecule has 12 heavy (non-hydrogen) atoms. The standard InChI is InChI=1S/C8H17NO3/c1-4-12-8(11)9-6(2)5-7(3)10/h6-7,10H,4-5H2,1-3H3,(H,9,11). The van der Waals surface area contributed by atoms with Crippen molar-refractivity contribution in [3.63, 3.8) is 0 Å². The van der Waals surface area contributed by atoms with Gasteiger partial charge < -0.3 is 15.2 Å². The average Bonchev–Trinajstić information content (AvgIpc) is 1.84. The highest BCUT2D eigenvalue weighted by Gasteiger charge is 2.09. The molecular formula is C8H17NO3. The lowest BCUT2D eigenvalue weighted by atomic mass is 10.2. The van der Waals surface area contributed by atoms with Crippen LogP contribution in [0.1, 0.15) is 27.2 Å². The van der Waals surface area contributed by atoms with Gasteiger partial charge in [0, 0.05) is 6.04 Å². The zero-order valence-electron chi connectivity index (χ0n) is 7.83. The van der Waals surface area contributed by atoms with Gasteiger partial charge in [0.05, 0.1) is 12.7 Å². The number of carbonyl (C=O) groups is 1. The fraction of sp³-hybridized carbons (Fsp3) is 0.875. The van der Waals surface area contributed by atoms with E-state index >= 15 is 0 Å². The van der Waals surface area contributed by atoms with Crippen LogP contribution >= 0.6 is 0 Å². The highest BCUT2D eigenvalue weighted by molar-refractivity contribution is 5.67. The lowest BCUT2D eigenvalue weighted by Gasteiger charge is -2.14. The third-order valence-electron chi connectivity index (χ3n) is 1.33. The van der Waals surface area contributed by atoms with Crippen LogP contribution in [0.25, 0.3) is 0 Å². The van der Waals surface area contributed by atoms with Gasteiger partial charge in [-0.15, -0.1) is 0 Å². The van der Waals surface area contributed by atoms with Crippen LogP contribution in [0.4, 0.5) is 4.79 Å². The quantitative estimate of drug-likeness (QED) is 0.667. The summed E-state index contributed by atoms with van der Waals surface area (Å²) in [5.41, 5.74) is 0. The van der Waals surface area contributed by atoms with Crippen LogP contribution in [0, 0.1) is 0 Å². The van der Waals surface area contributed by atoms with Crippen molar-refractivity contribution in [1.82, 2.24) is 5.32 Å². The van der Waals surface area contributed by atoms with E-state index in [9.17, 15) is 4.79 Å². The minimum atomic E-state index is -0.425. The van der Waals surface area contributed by atoms with Gasteiger partial charge in [0.15, 0.2) is 0 Å². The Bertz CT molecular complexity index is 136. The second-order valence-electron chi connectivity index (χ2n) is 2.85. The highest BCUT2D eigenvalue weighted by Crippen LogP contribution is 1.96. The van der Waals surface area contributed by atoms with Gasteiger partial charge in [-0.05, 0) is 27.2 Å². The summed E-state index contributed by atoms with van der Waals surface area (Å²) in [6, 6.07) is -0.0518. The first-order chi connectivity index (χ1) is 5.56. The van der Waals surface area contributed by atoms with Gasteiger partial charge in [0.2, 0.25) is 0 Å². The Hall–Kier alpha value is -0.770. The molecule has 0 bridgehead atoms. The molecule has 0 radical (unpaired) electrons. The Morgan fingerprint density at radius 3 is 2.58 bits per heavy atom. The molecular weight excluding hydrogens is 158 g/mol. The number of amides is 1. The molecule has 0 aromatic heterocycles. The number of nitrogens with one attached hydrogen (secondary N) is 1. The van der Waals surface area contributed by atoms with Crippen LogP contribution in [0.3, 0.4) is 0 Å². The van der Waals surface area contributed by atoms with Crippen LogP contribution in [0.5, 0.6) is 0 Å². The van der Waals surface area contributed by atoms with Crippen molar-refractivity contribution >= 4 is 6.09 Å². The molecule has 0 rings (SSSR count). The van der Waals surface area contributed by atoms with E-state index in [0.717, 1.165) is 0 Å². The topological polar surface area (TPSA) is 58.6 Å². The van der Waals surface area contributed by atoms with E-state index in [0.29, 0.717) is 13.0 Å². The van der Waals surface area contributed by atoms with Crippen LogP contribution in [-0.4, -0.2) is 30.0 Å². The van der Waals surface area contributed by atoms with Gasteiger partial charge >= 0.3 is 6.09 Å². The molecule has 0 aliphatic rings. The van der Waals surface area contributed by atoms with Gasteiger partial charge in [-0.2, -0.15) is 0 Å². The lowest BCUT2D eigenvalue weighted by Crippen LogP contribution is -2.35. The molecule has 0 spiro atoms. The summed E-state index contributed by atoms with van der Waals surface area (Å²) in [6.45, 7) is 5.62. The van der Waals surface area contributed by atoms with Crippen molar-refractivity contribution in [1.29, 1.82) is 0 Å². The number of rotatable bonds is 4. The molecule has 4 heteroatoms. The molecule has 0 aliphatic heterocycles. The zero-order chi connectivity index (χ0) is 9.56. The third-order valence-corrected chi connectivity index (χ3v) is 1.33. The van der Waals surface area contributed by atoms with E-state index < -0.39 is 12.2 Å². The van der Waals surface area contributed by atoms with E-state index in [4.69, 9.17) is 5.11 Å². The average molecular weight is 175 g/mol. The maximum absolute atomic E-state index is 10.8. The molecule has 0 aliphatic carbocycles. The van der Waals surface area contributed by atoms with Crippen molar-refractivity contribution in [2.45, 2.75) is 39.3 Å². The summed E-state index contributed by atoms with van der Waals surface area (Å²) in [7, 11) is 0. The van der Waals surface area contributed by atoms with Gasteiger partial charge in [-0.25, -0.2) is 4.79 Å². The lowest BCUT2D eigenvalue weighted by molar-refractivity contribution is 0.138. The van der Waals surface area contributed by atoms with Gasteiger partial charge in [0.25, 0.3) is 0 Å². The molecule has 0 heterocycles. The molecule has 0 saturated carbocycles. The van der Waals surface area contributed by atoms with E-state index in [1.165, 1.54) is 0 Å². The SMILES string of the molecule is CCOC(=O)NC(C)CC(C)O. The Balaban J connectivity index is 3.54. The fourth-order valence-corrected chi connectivity index (χ4v) is 0.945. The number of carbonyl (C=O) groups excluding carboxylic acids is 1. The molecule has 0 fully saturated rings. The van der Waals surface area contributed by atoms with E-state index in [-0.39, 0.29) is 6.04 Å². The molecule has 2 N–H and O–H groups in total. The Kier molecular flexibility index (Phi) is 5.45. The van der Waals surface area contributed by atoms with E-state index in [1.807, 2.05) is 6.92 Å². The number of aliphatic hydroxyl groups excluding tert-OH is 1. The van der Waals surface area contributed by atoms with Gasteiger partial charge in [-0.3, -0.25) is 0 Å². The third kappa shape index (κ3) is 5.97. The highest BCUT2D eigenvalue weighted by atomic mass is 16.5. The van der Waals surface area contributed by atoms with Crippen molar-refractivity contribution in [3.8, 4) is 0 Å². The summed E-state index contributed by atoms with van der Waals surface area (Å²) in [5, 5.41) is 11.6. The van der Waals surface area contributed by atoms with Crippen LogP contribution < -0.4 is 5.32 Å². The largest absolute Gasteiger partial charge is 0.450 e. The molecule has 2 atom stereocenters. The molecule has 4 nitrogen and oxygen atoms in total. The van der Waals surface area contributed by atoms with Gasteiger partial charge in [0.1, 0.15) is 0 Å². The summed E-state index contributed by atoms with van der Waals surface area (Å²) in [6.07, 6.45) is -0.286. The first-order valence-electron chi connectivity index (χ1n) is 4.17. The minimum Gasteiger partial charge on any atom is -0.450 e. The molecule has 0 aromatic carbocycles. The second kappa shape index (κ2) is 5.83.